The number of benzene rings is 2. The number of primary amides is 1. The maximum atomic E-state index is 12.3. The Balaban J connectivity index is 1.69. The van der Waals surface area contributed by atoms with Gasteiger partial charge in [-0.15, -0.1) is 4.95 Å². The van der Waals surface area contributed by atoms with Crippen LogP contribution < -0.4 is 11.1 Å². The molecule has 0 radical (unpaired) electrons. The monoisotopic (exact) mass is 448 g/mol. The van der Waals surface area contributed by atoms with Gasteiger partial charge in [0.2, 0.25) is 0 Å². The van der Waals surface area contributed by atoms with E-state index in [9.17, 15) is 9.90 Å². The zero-order valence-corrected chi connectivity index (χ0v) is 17.9. The number of halogens is 1. The molecule has 0 unspecified atom stereocenters. The number of carbonyl (C=O) groups is 1. The second-order valence-electron chi connectivity index (χ2n) is 7.29. The lowest BCUT2D eigenvalue weighted by molar-refractivity contribution is 0.0998. The molecule has 8 nitrogen and oxygen atoms in total. The topological polar surface area (TPSA) is 100 Å². The molecule has 0 fully saturated rings. The van der Waals surface area contributed by atoms with Gasteiger partial charge in [-0.2, -0.15) is 6.57 Å². The molecular formula is C23H21ClN6O2. The zero-order valence-electron chi connectivity index (χ0n) is 17.1. The predicted molar refractivity (Wildman–Crippen MR) is 124 cm³/mol. The minimum absolute atomic E-state index is 0.0488. The molecule has 1 aliphatic heterocycles. The van der Waals surface area contributed by atoms with Crippen LogP contribution in [0.5, 0.6) is 0 Å². The van der Waals surface area contributed by atoms with Gasteiger partial charge in [0.15, 0.2) is 0 Å². The highest BCUT2D eigenvalue weighted by Crippen LogP contribution is 2.37. The van der Waals surface area contributed by atoms with Gasteiger partial charge in [-0.05, 0) is 23.3 Å². The van der Waals surface area contributed by atoms with Crippen molar-refractivity contribution < 1.29 is 9.90 Å². The first-order valence-corrected chi connectivity index (χ1v) is 10.3. The van der Waals surface area contributed by atoms with E-state index >= 15 is 0 Å². The summed E-state index contributed by atoms with van der Waals surface area (Å²) < 4.78 is 2.01. The van der Waals surface area contributed by atoms with Crippen LogP contribution in [0.25, 0.3) is 16.2 Å². The zero-order chi connectivity index (χ0) is 22.7. The van der Waals surface area contributed by atoms with Crippen LogP contribution in [0, 0.1) is 6.57 Å². The van der Waals surface area contributed by atoms with Crippen LogP contribution in [0.15, 0.2) is 59.7 Å². The van der Waals surface area contributed by atoms with Crippen molar-refractivity contribution in [3.05, 3.63) is 88.0 Å². The average Bonchev–Trinajstić information content (AvgIpc) is 3.11. The Bertz CT molecular complexity index is 1210. The van der Waals surface area contributed by atoms with Crippen molar-refractivity contribution in [2.24, 2.45) is 10.8 Å². The van der Waals surface area contributed by atoms with Crippen LogP contribution in [0.3, 0.4) is 0 Å². The second kappa shape index (κ2) is 9.14. The summed E-state index contributed by atoms with van der Waals surface area (Å²) in [6, 6.07) is 16.8. The highest BCUT2D eigenvalue weighted by molar-refractivity contribution is 6.36. The molecule has 0 saturated heterocycles. The first-order valence-electron chi connectivity index (χ1n) is 9.95. The lowest BCUT2D eigenvalue weighted by atomic mass is 10.1. The fourth-order valence-corrected chi connectivity index (χ4v) is 4.29. The lowest BCUT2D eigenvalue weighted by Gasteiger charge is -2.31. The second-order valence-corrected chi connectivity index (χ2v) is 7.67. The maximum Gasteiger partial charge on any atom is 0.285 e. The third kappa shape index (κ3) is 4.04. The van der Waals surface area contributed by atoms with E-state index in [4.69, 9.17) is 23.9 Å². The Labute approximate surface area is 190 Å². The first-order chi connectivity index (χ1) is 15.5. The number of aliphatic hydroxyl groups excluding tert-OH is 1. The third-order valence-electron chi connectivity index (χ3n) is 5.38. The summed E-state index contributed by atoms with van der Waals surface area (Å²) in [4.78, 5) is 17.4. The molecule has 0 spiro atoms. The normalized spacial score (nSPS) is 13.4. The van der Waals surface area contributed by atoms with Crippen LogP contribution in [0.2, 0.25) is 5.02 Å². The van der Waals surface area contributed by atoms with Crippen LogP contribution in [0.1, 0.15) is 21.6 Å². The Morgan fingerprint density at radius 2 is 1.91 bits per heavy atom. The van der Waals surface area contributed by atoms with Gasteiger partial charge in [0.05, 0.1) is 35.1 Å². The number of fused-ring (bicyclic) bond motifs is 1. The Morgan fingerprint density at radius 1 is 1.19 bits per heavy atom. The molecule has 32 heavy (non-hydrogen) atoms. The molecule has 0 atom stereocenters. The van der Waals surface area contributed by atoms with Gasteiger partial charge in [0.1, 0.15) is 5.10 Å². The van der Waals surface area contributed by atoms with Crippen LogP contribution in [-0.2, 0) is 19.7 Å². The fourth-order valence-electron chi connectivity index (χ4n) is 3.87. The van der Waals surface area contributed by atoms with Crippen molar-refractivity contribution in [2.45, 2.75) is 19.7 Å². The van der Waals surface area contributed by atoms with E-state index in [0.29, 0.717) is 36.3 Å². The molecule has 1 aromatic heterocycles. The molecule has 0 aliphatic carbocycles. The Kier molecular flexibility index (Phi) is 6.12. The van der Waals surface area contributed by atoms with Gasteiger partial charge >= 0.3 is 0 Å². The van der Waals surface area contributed by atoms with Gasteiger partial charge in [-0.25, -0.2) is 0 Å². The standard InChI is InChI=1S/C23H21ClN6O2/c1-26-28-23(27-17-9-7-15(14-31)8-10-17)29-11-12-30-18(13-29)19(22(25)32)20(24)21(30)16-5-3-2-4-6-16/h2-10,31H,11-14H2,(H2,25,32)(H,27,28). The number of nitrogens with zero attached hydrogens (tertiary/aromatic N) is 4. The number of hydrogen-bond donors (Lipinski definition) is 3. The third-order valence-corrected chi connectivity index (χ3v) is 5.74. The number of carbonyl (C=O) groups excluding carboxylic acids is 1. The van der Waals surface area contributed by atoms with E-state index < -0.39 is 5.91 Å². The Hall–Kier alpha value is -3.80. The number of guanidine groups is 1. The minimum Gasteiger partial charge on any atom is -0.392 e. The maximum absolute atomic E-state index is 12.3. The molecule has 0 saturated carbocycles. The van der Waals surface area contributed by atoms with Crippen molar-refractivity contribution in [2.75, 3.05) is 11.9 Å². The first kappa shape index (κ1) is 21.4. The van der Waals surface area contributed by atoms with Gasteiger partial charge in [0, 0.05) is 18.8 Å². The van der Waals surface area contributed by atoms with Crippen molar-refractivity contribution in [1.82, 2.24) is 9.47 Å². The molecular weight excluding hydrogens is 428 g/mol. The molecule has 9 heteroatoms. The summed E-state index contributed by atoms with van der Waals surface area (Å²) in [5, 5.41) is 16.6. The number of nitrogens with two attached hydrogens (primary N) is 1. The number of anilines is 1. The van der Waals surface area contributed by atoms with Crippen molar-refractivity contribution in [1.29, 1.82) is 0 Å². The predicted octanol–water partition coefficient (Wildman–Crippen LogP) is 3.52. The number of hydrogen-bond acceptors (Lipinski definition) is 3. The van der Waals surface area contributed by atoms with E-state index in [2.05, 4.69) is 15.4 Å². The van der Waals surface area contributed by atoms with Crippen LogP contribution in [-0.4, -0.2) is 33.0 Å². The number of nitrogens with one attached hydrogen (secondary N) is 1. The van der Waals surface area contributed by atoms with E-state index in [-0.39, 0.29) is 12.2 Å². The number of rotatable bonds is 4. The molecule has 162 valence electrons. The minimum atomic E-state index is -0.598. The summed E-state index contributed by atoms with van der Waals surface area (Å²) in [6.07, 6.45) is 0. The smallest absolute Gasteiger partial charge is 0.285 e. The fraction of sp³-hybridized carbons (Fsp3) is 0.174. The summed E-state index contributed by atoms with van der Waals surface area (Å²) in [7, 11) is 0. The molecule has 2 heterocycles. The van der Waals surface area contributed by atoms with E-state index in [1.54, 1.807) is 24.3 Å². The molecule has 1 amide bonds. The molecule has 1 aliphatic rings. The number of aliphatic hydroxyl groups is 1. The van der Waals surface area contributed by atoms with Crippen molar-refractivity contribution in [3.8, 4) is 11.3 Å². The molecule has 3 aromatic rings. The van der Waals surface area contributed by atoms with Gasteiger partial charge < -0.3 is 25.6 Å². The summed E-state index contributed by atoms with van der Waals surface area (Å²) in [6.45, 7) is 8.57. The van der Waals surface area contributed by atoms with Gasteiger partial charge in [-0.1, -0.05) is 54.1 Å². The number of aromatic nitrogens is 1. The lowest BCUT2D eigenvalue weighted by Crippen LogP contribution is -2.42. The SMILES string of the molecule is [C-]#[N+]/N=C(\Nc1ccc(CO)cc1)N1CCn2c(c(C(N)=O)c(Cl)c2-c2ccccc2)C1. The Morgan fingerprint density at radius 3 is 2.53 bits per heavy atom. The molecule has 4 N–H and O–H groups in total. The number of amides is 1. The largest absolute Gasteiger partial charge is 0.392 e. The van der Waals surface area contributed by atoms with Crippen LogP contribution in [0.4, 0.5) is 5.69 Å². The average molecular weight is 449 g/mol. The van der Waals surface area contributed by atoms with E-state index in [1.807, 2.05) is 39.8 Å². The summed E-state index contributed by atoms with van der Waals surface area (Å²) in [5.74, 6) is -0.240. The summed E-state index contributed by atoms with van der Waals surface area (Å²) >= 11 is 6.64. The molecule has 4 rings (SSSR count). The highest BCUT2D eigenvalue weighted by atomic mass is 35.5. The van der Waals surface area contributed by atoms with Crippen molar-refractivity contribution >= 4 is 29.2 Å². The van der Waals surface area contributed by atoms with Crippen LogP contribution >= 0.6 is 11.6 Å². The van der Waals surface area contributed by atoms with E-state index in [1.165, 1.54) is 0 Å². The highest BCUT2D eigenvalue weighted by Gasteiger charge is 2.31. The van der Waals surface area contributed by atoms with Crippen molar-refractivity contribution in [3.63, 3.8) is 0 Å². The van der Waals surface area contributed by atoms with Gasteiger partial charge in [-0.3, -0.25) is 4.79 Å². The summed E-state index contributed by atoms with van der Waals surface area (Å²) in [5.41, 5.74) is 9.82. The molecule has 2 aromatic carbocycles. The van der Waals surface area contributed by atoms with E-state index in [0.717, 1.165) is 22.5 Å². The quantitative estimate of drug-likeness (QED) is 0.246. The molecule has 0 bridgehead atoms. The van der Waals surface area contributed by atoms with Gasteiger partial charge in [0.25, 0.3) is 11.9 Å².